The first-order valence-corrected chi connectivity index (χ1v) is 8.20. The number of benzene rings is 2. The van der Waals surface area contributed by atoms with Crippen molar-refractivity contribution in [2.45, 2.75) is 12.8 Å². The number of nitrogens with two attached hydrogens (primary N) is 1. The third-order valence-electron chi connectivity index (χ3n) is 3.81. The van der Waals surface area contributed by atoms with Gasteiger partial charge in [0.1, 0.15) is 5.82 Å². The number of hydrogen-bond acceptors (Lipinski definition) is 3. The highest BCUT2D eigenvalue weighted by Crippen LogP contribution is 2.12. The Hall–Kier alpha value is -1.95. The summed E-state index contributed by atoms with van der Waals surface area (Å²) in [7, 11) is 0. The topological polar surface area (TPSA) is 58.4 Å². The van der Waals surface area contributed by atoms with Crippen molar-refractivity contribution in [2.24, 2.45) is 5.73 Å². The third kappa shape index (κ3) is 7.65. The molecule has 0 fully saturated rings. The molecule has 0 aromatic heterocycles. The number of nitrogens with zero attached hydrogens (tertiary/aromatic N) is 1. The van der Waals surface area contributed by atoms with Crippen LogP contribution in [0.25, 0.3) is 0 Å². The van der Waals surface area contributed by atoms with Gasteiger partial charge in [0, 0.05) is 32.6 Å². The van der Waals surface area contributed by atoms with E-state index >= 15 is 0 Å². The zero-order valence-electron chi connectivity index (χ0n) is 14.2. The van der Waals surface area contributed by atoms with Gasteiger partial charge in [-0.1, -0.05) is 42.5 Å². The van der Waals surface area contributed by atoms with Crippen LogP contribution in [0.15, 0.2) is 54.6 Å². The van der Waals surface area contributed by atoms with E-state index in [0.717, 1.165) is 19.5 Å². The lowest BCUT2D eigenvalue weighted by molar-refractivity contribution is -0.116. The highest BCUT2D eigenvalue weighted by Gasteiger charge is 2.10. The van der Waals surface area contributed by atoms with Gasteiger partial charge in [0.25, 0.3) is 0 Å². The molecule has 0 radical (unpaired) electrons. The summed E-state index contributed by atoms with van der Waals surface area (Å²) in [6, 6.07) is 16.4. The number of para-hydroxylation sites is 1. The fourth-order valence-corrected chi connectivity index (χ4v) is 2.48. The molecule has 0 saturated heterocycles. The Labute approximate surface area is 154 Å². The summed E-state index contributed by atoms with van der Waals surface area (Å²) in [5, 5.41) is 2.61. The molecule has 1 amide bonds. The van der Waals surface area contributed by atoms with Crippen LogP contribution in [0, 0.1) is 5.82 Å². The molecule has 136 valence electrons. The van der Waals surface area contributed by atoms with Crippen LogP contribution in [0.1, 0.15) is 12.0 Å². The Morgan fingerprint density at radius 1 is 1.00 bits per heavy atom. The molecule has 0 saturated carbocycles. The summed E-state index contributed by atoms with van der Waals surface area (Å²) in [6.07, 6.45) is 1.22. The fraction of sp³-hybridized carbons (Fsp3) is 0.316. The number of halogens is 2. The van der Waals surface area contributed by atoms with E-state index < -0.39 is 5.82 Å². The largest absolute Gasteiger partial charge is 0.329 e. The molecule has 2 rings (SSSR count). The van der Waals surface area contributed by atoms with E-state index in [1.807, 2.05) is 18.2 Å². The maximum absolute atomic E-state index is 13.5. The lowest BCUT2D eigenvalue weighted by Crippen LogP contribution is -2.34. The summed E-state index contributed by atoms with van der Waals surface area (Å²) in [6.45, 7) is 2.72. The average molecular weight is 366 g/mol. The van der Waals surface area contributed by atoms with E-state index in [4.69, 9.17) is 5.73 Å². The van der Waals surface area contributed by atoms with Crippen molar-refractivity contribution in [3.8, 4) is 0 Å². The zero-order chi connectivity index (χ0) is 17.2. The number of nitrogens with one attached hydrogen (secondary N) is 1. The molecule has 0 atom stereocenters. The molecule has 25 heavy (non-hydrogen) atoms. The van der Waals surface area contributed by atoms with Crippen LogP contribution in [-0.4, -0.2) is 37.0 Å². The first-order valence-electron chi connectivity index (χ1n) is 8.20. The first kappa shape index (κ1) is 21.1. The highest BCUT2D eigenvalue weighted by molar-refractivity contribution is 5.90. The molecule has 0 aliphatic carbocycles. The number of rotatable bonds is 9. The van der Waals surface area contributed by atoms with Crippen LogP contribution in [0.4, 0.5) is 10.1 Å². The van der Waals surface area contributed by atoms with E-state index in [1.54, 1.807) is 18.2 Å². The fourth-order valence-electron chi connectivity index (χ4n) is 2.48. The van der Waals surface area contributed by atoms with Gasteiger partial charge in [-0.3, -0.25) is 4.79 Å². The second-order valence-corrected chi connectivity index (χ2v) is 5.64. The van der Waals surface area contributed by atoms with E-state index in [-0.39, 0.29) is 24.0 Å². The smallest absolute Gasteiger partial charge is 0.225 e. The molecule has 0 heterocycles. The van der Waals surface area contributed by atoms with Crippen LogP contribution in [0.3, 0.4) is 0 Å². The minimum absolute atomic E-state index is 0. The molecule has 4 nitrogen and oxygen atoms in total. The monoisotopic (exact) mass is 365 g/mol. The third-order valence-corrected chi connectivity index (χ3v) is 3.81. The number of hydrogen-bond donors (Lipinski definition) is 2. The van der Waals surface area contributed by atoms with E-state index in [1.165, 1.54) is 11.6 Å². The number of amides is 1. The Balaban J connectivity index is 0.00000312. The standard InChI is InChI=1S/C19H24FN3O.ClH/c20-17-8-4-5-9-18(17)22-19(24)11-14-23(15-12-21)13-10-16-6-2-1-3-7-16;/h1-9H,10-15,21H2,(H,22,24);1H. The summed E-state index contributed by atoms with van der Waals surface area (Å²) in [5.41, 5.74) is 7.14. The number of carbonyl (C=O) groups is 1. The quantitative estimate of drug-likeness (QED) is 0.718. The summed E-state index contributed by atoms with van der Waals surface area (Å²) < 4.78 is 13.5. The Bertz CT molecular complexity index is 640. The lowest BCUT2D eigenvalue weighted by Gasteiger charge is -2.21. The van der Waals surface area contributed by atoms with Gasteiger partial charge in [-0.25, -0.2) is 4.39 Å². The highest BCUT2D eigenvalue weighted by atomic mass is 35.5. The van der Waals surface area contributed by atoms with E-state index in [2.05, 4.69) is 22.3 Å². The molecule has 2 aromatic carbocycles. The Morgan fingerprint density at radius 3 is 2.36 bits per heavy atom. The Morgan fingerprint density at radius 2 is 1.68 bits per heavy atom. The lowest BCUT2D eigenvalue weighted by atomic mass is 10.1. The van der Waals surface area contributed by atoms with Crippen molar-refractivity contribution >= 4 is 24.0 Å². The van der Waals surface area contributed by atoms with Crippen molar-refractivity contribution in [3.63, 3.8) is 0 Å². The minimum Gasteiger partial charge on any atom is -0.329 e. The molecule has 3 N–H and O–H groups in total. The van der Waals surface area contributed by atoms with Gasteiger partial charge in [-0.15, -0.1) is 12.4 Å². The predicted molar refractivity (Wildman–Crippen MR) is 103 cm³/mol. The SMILES string of the molecule is Cl.NCCN(CCC(=O)Nc1ccccc1F)CCc1ccccc1. The first-order chi connectivity index (χ1) is 11.7. The van der Waals surface area contributed by atoms with Gasteiger partial charge in [0.15, 0.2) is 0 Å². The van der Waals surface area contributed by atoms with Gasteiger partial charge in [0.2, 0.25) is 5.91 Å². The predicted octanol–water partition coefficient (Wildman–Crippen LogP) is 3.08. The second kappa shape index (κ2) is 11.6. The summed E-state index contributed by atoms with van der Waals surface area (Å²) in [4.78, 5) is 14.2. The average Bonchev–Trinajstić information content (AvgIpc) is 2.60. The normalized spacial score (nSPS) is 10.4. The van der Waals surface area contributed by atoms with Gasteiger partial charge in [-0.05, 0) is 24.1 Å². The number of anilines is 1. The van der Waals surface area contributed by atoms with Crippen LogP contribution >= 0.6 is 12.4 Å². The molecule has 0 spiro atoms. The maximum atomic E-state index is 13.5. The molecular weight excluding hydrogens is 341 g/mol. The molecule has 0 aliphatic heterocycles. The zero-order valence-corrected chi connectivity index (χ0v) is 15.0. The summed E-state index contributed by atoms with van der Waals surface area (Å²) in [5.74, 6) is -0.615. The van der Waals surface area contributed by atoms with Gasteiger partial charge < -0.3 is 16.0 Å². The van der Waals surface area contributed by atoms with E-state index in [9.17, 15) is 9.18 Å². The van der Waals surface area contributed by atoms with Crippen LogP contribution < -0.4 is 11.1 Å². The van der Waals surface area contributed by atoms with Crippen molar-refractivity contribution < 1.29 is 9.18 Å². The van der Waals surface area contributed by atoms with Crippen LogP contribution in [0.2, 0.25) is 0 Å². The van der Waals surface area contributed by atoms with Crippen molar-refractivity contribution in [3.05, 3.63) is 66.0 Å². The van der Waals surface area contributed by atoms with Crippen molar-refractivity contribution in [1.82, 2.24) is 4.90 Å². The second-order valence-electron chi connectivity index (χ2n) is 5.64. The minimum atomic E-state index is -0.422. The molecule has 2 aromatic rings. The van der Waals surface area contributed by atoms with Gasteiger partial charge in [0.05, 0.1) is 5.69 Å². The van der Waals surface area contributed by atoms with Gasteiger partial charge in [-0.2, -0.15) is 0 Å². The molecule has 0 unspecified atom stereocenters. The summed E-state index contributed by atoms with van der Waals surface area (Å²) >= 11 is 0. The Kier molecular flexibility index (Phi) is 9.77. The van der Waals surface area contributed by atoms with Gasteiger partial charge >= 0.3 is 0 Å². The molecular formula is C19H25ClFN3O. The van der Waals surface area contributed by atoms with Crippen molar-refractivity contribution in [1.29, 1.82) is 0 Å². The number of carbonyl (C=O) groups excluding carboxylic acids is 1. The molecule has 0 aliphatic rings. The van der Waals surface area contributed by atoms with Crippen LogP contribution in [-0.2, 0) is 11.2 Å². The van der Waals surface area contributed by atoms with Crippen molar-refractivity contribution in [2.75, 3.05) is 31.5 Å². The van der Waals surface area contributed by atoms with Crippen LogP contribution in [0.5, 0.6) is 0 Å². The van der Waals surface area contributed by atoms with E-state index in [0.29, 0.717) is 19.5 Å². The molecule has 6 heteroatoms. The molecule has 0 bridgehead atoms. The maximum Gasteiger partial charge on any atom is 0.225 e.